The number of hydrogen-bond donors (Lipinski definition) is 1. The molecular weight excluding hydrogens is 302 g/mol. The van der Waals surface area contributed by atoms with E-state index in [9.17, 15) is 4.79 Å². The van der Waals surface area contributed by atoms with Crippen molar-refractivity contribution in [1.29, 1.82) is 0 Å². The van der Waals surface area contributed by atoms with E-state index in [0.29, 0.717) is 0 Å². The fourth-order valence-electron chi connectivity index (χ4n) is 3.87. The van der Waals surface area contributed by atoms with Gasteiger partial charge in [0.15, 0.2) is 0 Å². The van der Waals surface area contributed by atoms with Crippen LogP contribution in [-0.2, 0) is 4.79 Å². The van der Waals surface area contributed by atoms with Gasteiger partial charge < -0.3 is 10.1 Å². The maximum atomic E-state index is 12.8. The zero-order valence-corrected chi connectivity index (χ0v) is 13.6. The van der Waals surface area contributed by atoms with Gasteiger partial charge in [-0.1, -0.05) is 0 Å². The van der Waals surface area contributed by atoms with E-state index >= 15 is 0 Å². The second-order valence-electron chi connectivity index (χ2n) is 6.49. The lowest BCUT2D eigenvalue weighted by molar-refractivity contribution is -0.125. The topological polar surface area (TPSA) is 54.5 Å². The molecule has 0 bridgehead atoms. The van der Waals surface area contributed by atoms with Gasteiger partial charge in [-0.25, -0.2) is 0 Å². The molecule has 0 saturated carbocycles. The number of nitrogens with zero attached hydrogens (tertiary/aromatic N) is 2. The van der Waals surface area contributed by atoms with Crippen molar-refractivity contribution in [3.05, 3.63) is 48.8 Å². The summed E-state index contributed by atoms with van der Waals surface area (Å²) in [6.07, 6.45) is 7.57. The number of ether oxygens (including phenoxy) is 1. The fourth-order valence-corrected chi connectivity index (χ4v) is 3.87. The fraction of sp³-hybridized carbons (Fsp3) is 0.368. The van der Waals surface area contributed by atoms with Gasteiger partial charge in [0.05, 0.1) is 0 Å². The molecule has 1 amide bonds. The molecule has 2 fully saturated rings. The highest BCUT2D eigenvalue weighted by molar-refractivity contribution is 5.98. The first-order valence-corrected chi connectivity index (χ1v) is 8.51. The second kappa shape index (κ2) is 6.24. The van der Waals surface area contributed by atoms with E-state index in [4.69, 9.17) is 4.74 Å². The number of pyridine rings is 1. The van der Waals surface area contributed by atoms with Gasteiger partial charge in [-0.2, -0.15) is 0 Å². The quantitative estimate of drug-likeness (QED) is 0.936. The maximum Gasteiger partial charge on any atom is 0.244 e. The number of nitrogens with one attached hydrogen (secondary N) is 1. The molecule has 1 aromatic carbocycles. The molecule has 3 heterocycles. The predicted octanol–water partition coefficient (Wildman–Crippen LogP) is 3.44. The summed E-state index contributed by atoms with van der Waals surface area (Å²) in [5.41, 5.74) is 0.543. The number of carbonyl (C=O) groups excluding carboxylic acids is 1. The Morgan fingerprint density at radius 2 is 1.62 bits per heavy atom. The van der Waals surface area contributed by atoms with Crippen molar-refractivity contribution in [2.45, 2.75) is 31.2 Å². The molecule has 0 spiro atoms. The minimum atomic E-state index is -0.272. The predicted molar refractivity (Wildman–Crippen MR) is 92.2 cm³/mol. The van der Waals surface area contributed by atoms with Gasteiger partial charge >= 0.3 is 0 Å². The summed E-state index contributed by atoms with van der Waals surface area (Å²) in [6.45, 7) is 2.10. The number of anilines is 1. The van der Waals surface area contributed by atoms with E-state index in [0.717, 1.165) is 56.0 Å². The van der Waals surface area contributed by atoms with Crippen LogP contribution in [0.3, 0.4) is 0 Å². The van der Waals surface area contributed by atoms with E-state index in [1.54, 1.807) is 12.4 Å². The van der Waals surface area contributed by atoms with E-state index in [-0.39, 0.29) is 11.4 Å². The lowest BCUT2D eigenvalue weighted by Crippen LogP contribution is -2.48. The third-order valence-corrected chi connectivity index (χ3v) is 5.06. The second-order valence-corrected chi connectivity index (χ2v) is 6.49. The molecule has 1 N–H and O–H groups in total. The molecule has 124 valence electrons. The van der Waals surface area contributed by atoms with Crippen molar-refractivity contribution in [3.8, 4) is 11.5 Å². The average molecular weight is 323 g/mol. The average Bonchev–Trinajstić information content (AvgIpc) is 3.18. The number of fused-ring (bicyclic) bond motifs is 1. The molecule has 2 saturated heterocycles. The summed E-state index contributed by atoms with van der Waals surface area (Å²) >= 11 is 0. The Morgan fingerprint density at radius 3 is 2.29 bits per heavy atom. The number of benzene rings is 1. The van der Waals surface area contributed by atoms with Gasteiger partial charge in [0.2, 0.25) is 5.91 Å². The molecule has 2 aromatic rings. The normalized spacial score (nSPS) is 19.0. The SMILES string of the molecule is O=C(Nc1ccc(Oc2ccncc2)cc1)C12CCCN1CCC2. The van der Waals surface area contributed by atoms with Gasteiger partial charge in [-0.3, -0.25) is 14.7 Å². The Morgan fingerprint density at radius 1 is 1.00 bits per heavy atom. The third-order valence-electron chi connectivity index (χ3n) is 5.06. The van der Waals surface area contributed by atoms with E-state index in [1.807, 2.05) is 36.4 Å². The Balaban J connectivity index is 1.43. The van der Waals surface area contributed by atoms with Crippen LogP contribution in [0, 0.1) is 0 Å². The van der Waals surface area contributed by atoms with Crippen LogP contribution in [0.2, 0.25) is 0 Å². The Kier molecular flexibility index (Phi) is 3.94. The summed E-state index contributed by atoms with van der Waals surface area (Å²) < 4.78 is 5.75. The molecule has 0 unspecified atom stereocenters. The van der Waals surface area contributed by atoms with Gasteiger partial charge in [0.1, 0.15) is 17.0 Å². The van der Waals surface area contributed by atoms with Crippen molar-refractivity contribution in [2.75, 3.05) is 18.4 Å². The zero-order chi connectivity index (χ0) is 16.4. The summed E-state index contributed by atoms with van der Waals surface area (Å²) in [4.78, 5) is 19.1. The smallest absolute Gasteiger partial charge is 0.244 e. The van der Waals surface area contributed by atoms with E-state index in [2.05, 4.69) is 15.2 Å². The lowest BCUT2D eigenvalue weighted by Gasteiger charge is -2.30. The highest BCUT2D eigenvalue weighted by Gasteiger charge is 2.49. The first-order valence-electron chi connectivity index (χ1n) is 8.51. The van der Waals surface area contributed by atoms with E-state index in [1.165, 1.54) is 0 Å². The monoisotopic (exact) mass is 323 g/mol. The largest absolute Gasteiger partial charge is 0.457 e. The first kappa shape index (κ1) is 15.1. The Hall–Kier alpha value is -2.40. The van der Waals surface area contributed by atoms with Gasteiger partial charge in [-0.05, 0) is 75.2 Å². The van der Waals surface area contributed by atoms with Gasteiger partial charge in [0, 0.05) is 18.1 Å². The van der Waals surface area contributed by atoms with Crippen LogP contribution in [0.5, 0.6) is 11.5 Å². The van der Waals surface area contributed by atoms with Crippen LogP contribution in [0.15, 0.2) is 48.8 Å². The minimum Gasteiger partial charge on any atom is -0.457 e. The zero-order valence-electron chi connectivity index (χ0n) is 13.6. The third kappa shape index (κ3) is 2.76. The number of amides is 1. The summed E-state index contributed by atoms with van der Waals surface area (Å²) in [7, 11) is 0. The molecular formula is C19H21N3O2. The van der Waals surface area contributed by atoms with Crippen molar-refractivity contribution in [2.24, 2.45) is 0 Å². The van der Waals surface area contributed by atoms with Crippen LogP contribution >= 0.6 is 0 Å². The maximum absolute atomic E-state index is 12.8. The van der Waals surface area contributed by atoms with Crippen molar-refractivity contribution >= 4 is 11.6 Å². The van der Waals surface area contributed by atoms with Crippen LogP contribution in [0.25, 0.3) is 0 Å². The molecule has 0 atom stereocenters. The molecule has 4 rings (SSSR count). The van der Waals surface area contributed by atoms with Crippen molar-refractivity contribution in [1.82, 2.24) is 9.88 Å². The number of carbonyl (C=O) groups is 1. The van der Waals surface area contributed by atoms with Crippen LogP contribution in [0.1, 0.15) is 25.7 Å². The molecule has 5 heteroatoms. The van der Waals surface area contributed by atoms with E-state index < -0.39 is 0 Å². The highest BCUT2D eigenvalue weighted by Crippen LogP contribution is 2.39. The molecule has 2 aliphatic heterocycles. The first-order chi connectivity index (χ1) is 11.8. The number of hydrogen-bond acceptors (Lipinski definition) is 4. The van der Waals surface area contributed by atoms with Crippen LogP contribution in [0.4, 0.5) is 5.69 Å². The Labute approximate surface area is 141 Å². The Bertz CT molecular complexity index is 705. The van der Waals surface area contributed by atoms with Crippen LogP contribution in [-0.4, -0.2) is 34.4 Å². The molecule has 1 aromatic heterocycles. The lowest BCUT2D eigenvalue weighted by atomic mass is 9.93. The van der Waals surface area contributed by atoms with Crippen molar-refractivity contribution in [3.63, 3.8) is 0 Å². The van der Waals surface area contributed by atoms with Crippen molar-refractivity contribution < 1.29 is 9.53 Å². The van der Waals surface area contributed by atoms with Gasteiger partial charge in [-0.15, -0.1) is 0 Å². The standard InChI is InChI=1S/C19H21N3O2/c23-18(19-9-1-13-22(19)14-2-10-19)21-15-3-5-16(6-4-15)24-17-7-11-20-12-8-17/h3-8,11-12H,1-2,9-10,13-14H2,(H,21,23). The summed E-state index contributed by atoms with van der Waals surface area (Å²) in [6, 6.07) is 11.1. The molecule has 0 radical (unpaired) electrons. The minimum absolute atomic E-state index is 0.139. The highest BCUT2D eigenvalue weighted by atomic mass is 16.5. The number of rotatable bonds is 4. The van der Waals surface area contributed by atoms with Gasteiger partial charge in [0.25, 0.3) is 0 Å². The molecule has 0 aliphatic carbocycles. The summed E-state index contributed by atoms with van der Waals surface area (Å²) in [5, 5.41) is 3.09. The number of aromatic nitrogens is 1. The van der Waals surface area contributed by atoms with Crippen LogP contribution < -0.4 is 10.1 Å². The molecule has 5 nitrogen and oxygen atoms in total. The summed E-state index contributed by atoms with van der Waals surface area (Å²) in [5.74, 6) is 1.62. The molecule has 24 heavy (non-hydrogen) atoms. The molecule has 2 aliphatic rings.